The van der Waals surface area contributed by atoms with E-state index in [0.717, 1.165) is 16.4 Å². The van der Waals surface area contributed by atoms with Crippen LogP contribution >= 0.6 is 23.4 Å². The average Bonchev–Trinajstić information content (AvgIpc) is 3.09. The lowest BCUT2D eigenvalue weighted by molar-refractivity contribution is 0.0956. The van der Waals surface area contributed by atoms with E-state index in [9.17, 15) is 9.18 Å². The highest BCUT2D eigenvalue weighted by Crippen LogP contribution is 2.22. The molecule has 3 rings (SSSR count). The van der Waals surface area contributed by atoms with E-state index in [4.69, 9.17) is 11.6 Å². The molecule has 1 aromatic heterocycles. The molecule has 0 aliphatic heterocycles. The highest BCUT2D eigenvalue weighted by molar-refractivity contribution is 7.99. The lowest BCUT2D eigenvalue weighted by Gasteiger charge is -2.04. The molecule has 128 valence electrons. The van der Waals surface area contributed by atoms with E-state index in [1.54, 1.807) is 6.20 Å². The molecule has 25 heavy (non-hydrogen) atoms. The Bertz CT molecular complexity index is 850. The van der Waals surface area contributed by atoms with Gasteiger partial charge in [-0.2, -0.15) is 0 Å². The SMILES string of the molecule is O=C(NCCSc1ncc(-c2ccc(Cl)cc2)[nH]1)c1ccc(F)cc1. The van der Waals surface area contributed by atoms with E-state index in [1.165, 1.54) is 36.0 Å². The molecule has 0 radical (unpaired) electrons. The summed E-state index contributed by atoms with van der Waals surface area (Å²) in [6.07, 6.45) is 1.77. The average molecular weight is 376 g/mol. The fraction of sp³-hybridized carbons (Fsp3) is 0.111. The van der Waals surface area contributed by atoms with E-state index >= 15 is 0 Å². The molecule has 3 aromatic rings. The third kappa shape index (κ3) is 4.84. The maximum absolute atomic E-state index is 12.8. The normalized spacial score (nSPS) is 10.6. The molecule has 4 nitrogen and oxygen atoms in total. The Kier molecular flexibility index (Phi) is 5.73. The molecular formula is C18H15ClFN3OS. The van der Waals surface area contributed by atoms with Gasteiger partial charge in [-0.15, -0.1) is 0 Å². The number of H-pyrrole nitrogens is 1. The van der Waals surface area contributed by atoms with Gasteiger partial charge in [0.25, 0.3) is 5.91 Å². The maximum Gasteiger partial charge on any atom is 0.251 e. The second-order valence-corrected chi connectivity index (χ2v) is 6.74. The largest absolute Gasteiger partial charge is 0.351 e. The molecule has 0 saturated heterocycles. The third-order valence-corrected chi connectivity index (χ3v) is 4.58. The Morgan fingerprint density at radius 2 is 1.88 bits per heavy atom. The van der Waals surface area contributed by atoms with Gasteiger partial charge >= 0.3 is 0 Å². The summed E-state index contributed by atoms with van der Waals surface area (Å²) in [6.45, 7) is 0.484. The summed E-state index contributed by atoms with van der Waals surface area (Å²) in [5.41, 5.74) is 2.36. The number of halogens is 2. The quantitative estimate of drug-likeness (QED) is 0.496. The van der Waals surface area contributed by atoms with Crippen LogP contribution in [-0.2, 0) is 0 Å². The summed E-state index contributed by atoms with van der Waals surface area (Å²) in [7, 11) is 0. The van der Waals surface area contributed by atoms with Crippen molar-refractivity contribution < 1.29 is 9.18 Å². The van der Waals surface area contributed by atoms with Crippen LogP contribution in [0.3, 0.4) is 0 Å². The van der Waals surface area contributed by atoms with Crippen LogP contribution in [-0.4, -0.2) is 28.2 Å². The Hall–Kier alpha value is -2.31. The molecule has 2 aromatic carbocycles. The van der Waals surface area contributed by atoms with E-state index in [0.29, 0.717) is 22.9 Å². The van der Waals surface area contributed by atoms with Gasteiger partial charge in [-0.25, -0.2) is 9.37 Å². The minimum absolute atomic E-state index is 0.220. The van der Waals surface area contributed by atoms with Gasteiger partial charge in [0.2, 0.25) is 0 Å². The van der Waals surface area contributed by atoms with Crippen molar-refractivity contribution in [3.8, 4) is 11.3 Å². The van der Waals surface area contributed by atoms with Crippen LogP contribution in [0.2, 0.25) is 5.02 Å². The predicted molar refractivity (Wildman–Crippen MR) is 98.5 cm³/mol. The monoisotopic (exact) mass is 375 g/mol. The number of carbonyl (C=O) groups is 1. The number of nitrogens with zero attached hydrogens (tertiary/aromatic N) is 1. The van der Waals surface area contributed by atoms with Gasteiger partial charge in [0.15, 0.2) is 5.16 Å². The van der Waals surface area contributed by atoms with Crippen LogP contribution in [0.1, 0.15) is 10.4 Å². The van der Waals surface area contributed by atoms with Crippen molar-refractivity contribution in [3.05, 3.63) is 71.1 Å². The Morgan fingerprint density at radius 3 is 2.60 bits per heavy atom. The van der Waals surface area contributed by atoms with Gasteiger partial charge in [-0.1, -0.05) is 35.5 Å². The zero-order valence-electron chi connectivity index (χ0n) is 13.1. The number of carbonyl (C=O) groups excluding carboxylic acids is 1. The first-order chi connectivity index (χ1) is 12.1. The van der Waals surface area contributed by atoms with Crippen molar-refractivity contribution in [2.75, 3.05) is 12.3 Å². The molecule has 0 aliphatic carbocycles. The summed E-state index contributed by atoms with van der Waals surface area (Å²) >= 11 is 7.39. The molecule has 1 heterocycles. The van der Waals surface area contributed by atoms with Crippen LogP contribution in [0.25, 0.3) is 11.3 Å². The van der Waals surface area contributed by atoms with E-state index in [2.05, 4.69) is 15.3 Å². The van der Waals surface area contributed by atoms with E-state index in [1.807, 2.05) is 24.3 Å². The van der Waals surface area contributed by atoms with Crippen molar-refractivity contribution in [1.82, 2.24) is 15.3 Å². The lowest BCUT2D eigenvalue weighted by Crippen LogP contribution is -2.25. The highest BCUT2D eigenvalue weighted by atomic mass is 35.5. The van der Waals surface area contributed by atoms with Crippen LogP contribution in [0.4, 0.5) is 4.39 Å². The number of imidazole rings is 1. The number of nitrogens with one attached hydrogen (secondary N) is 2. The lowest BCUT2D eigenvalue weighted by atomic mass is 10.2. The molecule has 0 spiro atoms. The molecule has 0 saturated carbocycles. The van der Waals surface area contributed by atoms with E-state index in [-0.39, 0.29) is 11.7 Å². The molecule has 7 heteroatoms. The zero-order valence-corrected chi connectivity index (χ0v) is 14.7. The van der Waals surface area contributed by atoms with Crippen molar-refractivity contribution in [2.24, 2.45) is 0 Å². The maximum atomic E-state index is 12.8. The minimum Gasteiger partial charge on any atom is -0.351 e. The second kappa shape index (κ2) is 8.18. The van der Waals surface area contributed by atoms with Gasteiger partial charge in [-0.05, 0) is 42.0 Å². The van der Waals surface area contributed by atoms with Crippen LogP contribution < -0.4 is 5.32 Å². The second-order valence-electron chi connectivity index (χ2n) is 5.22. The number of benzene rings is 2. The summed E-state index contributed by atoms with van der Waals surface area (Å²) < 4.78 is 12.8. The summed E-state index contributed by atoms with van der Waals surface area (Å²) in [5, 5.41) is 4.26. The molecule has 2 N–H and O–H groups in total. The molecule has 0 unspecified atom stereocenters. The number of hydrogen-bond acceptors (Lipinski definition) is 3. The van der Waals surface area contributed by atoms with Crippen LogP contribution in [0.5, 0.6) is 0 Å². The van der Waals surface area contributed by atoms with Crippen LogP contribution in [0.15, 0.2) is 59.9 Å². The Balaban J connectivity index is 1.47. The van der Waals surface area contributed by atoms with Gasteiger partial charge in [0.05, 0.1) is 11.9 Å². The Labute approximate surface area is 153 Å². The summed E-state index contributed by atoms with van der Waals surface area (Å²) in [5.74, 6) is 0.0869. The first kappa shape index (κ1) is 17.5. The van der Waals surface area contributed by atoms with E-state index < -0.39 is 0 Å². The molecule has 1 amide bonds. The van der Waals surface area contributed by atoms with Crippen molar-refractivity contribution in [3.63, 3.8) is 0 Å². The summed E-state index contributed by atoms with van der Waals surface area (Å²) in [4.78, 5) is 19.5. The molecular weight excluding hydrogens is 361 g/mol. The van der Waals surface area contributed by atoms with Crippen molar-refractivity contribution in [2.45, 2.75) is 5.16 Å². The molecule has 0 aliphatic rings. The first-order valence-electron chi connectivity index (χ1n) is 7.59. The Morgan fingerprint density at radius 1 is 1.16 bits per heavy atom. The first-order valence-corrected chi connectivity index (χ1v) is 8.96. The number of aromatic amines is 1. The molecule has 0 fully saturated rings. The van der Waals surface area contributed by atoms with Crippen molar-refractivity contribution in [1.29, 1.82) is 0 Å². The predicted octanol–water partition coefficient (Wildman–Crippen LogP) is 4.39. The van der Waals surface area contributed by atoms with Crippen molar-refractivity contribution >= 4 is 29.3 Å². The number of thioether (sulfide) groups is 1. The standard InChI is InChI=1S/C18H15ClFN3OS/c19-14-5-1-12(2-6-14)16-11-22-18(23-16)25-10-9-21-17(24)13-3-7-15(20)8-4-13/h1-8,11H,9-10H2,(H,21,24)(H,22,23). The molecule has 0 atom stereocenters. The van der Waals surface area contributed by atoms with Gasteiger partial charge in [0, 0.05) is 22.9 Å². The summed E-state index contributed by atoms with van der Waals surface area (Å²) in [6, 6.07) is 13.0. The smallest absolute Gasteiger partial charge is 0.251 e. The third-order valence-electron chi connectivity index (χ3n) is 3.44. The number of rotatable bonds is 6. The molecule has 0 bridgehead atoms. The minimum atomic E-state index is -0.360. The van der Waals surface area contributed by atoms with Crippen LogP contribution in [0, 0.1) is 5.82 Å². The highest BCUT2D eigenvalue weighted by Gasteiger charge is 2.06. The fourth-order valence-corrected chi connectivity index (χ4v) is 3.00. The topological polar surface area (TPSA) is 57.8 Å². The fourth-order valence-electron chi connectivity index (χ4n) is 2.17. The van der Waals surface area contributed by atoms with Gasteiger partial charge in [-0.3, -0.25) is 4.79 Å². The number of amides is 1. The van der Waals surface area contributed by atoms with Gasteiger partial charge < -0.3 is 10.3 Å². The number of hydrogen-bond donors (Lipinski definition) is 2. The number of aromatic nitrogens is 2. The van der Waals surface area contributed by atoms with Gasteiger partial charge in [0.1, 0.15) is 5.82 Å². The zero-order chi connectivity index (χ0) is 17.6.